The lowest BCUT2D eigenvalue weighted by Gasteiger charge is -2.21. The van der Waals surface area contributed by atoms with Gasteiger partial charge in [-0.15, -0.1) is 0 Å². The zero-order valence-electron chi connectivity index (χ0n) is 17.7. The number of nitrogens with one attached hydrogen (secondary N) is 2. The zero-order valence-corrected chi connectivity index (χ0v) is 17.7. The van der Waals surface area contributed by atoms with E-state index in [1.807, 2.05) is 25.2 Å². The number of fused-ring (bicyclic) bond motifs is 2. The first kappa shape index (κ1) is 19.5. The number of ether oxygens (including phenoxy) is 1. The van der Waals surface area contributed by atoms with Gasteiger partial charge in [0.15, 0.2) is 5.82 Å². The molecule has 0 bridgehead atoms. The lowest BCUT2D eigenvalue weighted by atomic mass is 10.1. The van der Waals surface area contributed by atoms with Gasteiger partial charge in [-0.25, -0.2) is 14.4 Å². The summed E-state index contributed by atoms with van der Waals surface area (Å²) in [6, 6.07) is 7.81. The van der Waals surface area contributed by atoms with Gasteiger partial charge < -0.3 is 20.3 Å². The number of likely N-dealkylation sites (N-methyl/N-ethyl adjacent to an activating group) is 1. The number of hydrogen-bond acceptors (Lipinski definition) is 7. The van der Waals surface area contributed by atoms with E-state index in [1.165, 1.54) is 12.4 Å². The third kappa shape index (κ3) is 3.50. The molecule has 1 atom stereocenters. The summed E-state index contributed by atoms with van der Waals surface area (Å²) in [5.41, 5.74) is 2.76. The van der Waals surface area contributed by atoms with Crippen molar-refractivity contribution in [1.29, 1.82) is 0 Å². The summed E-state index contributed by atoms with van der Waals surface area (Å²) in [6.45, 7) is 1.91. The van der Waals surface area contributed by atoms with Crippen LogP contribution in [0.2, 0.25) is 0 Å². The molecule has 31 heavy (non-hydrogen) atoms. The number of nitrogens with zero attached hydrogens (tertiary/aromatic N) is 5. The van der Waals surface area contributed by atoms with Crippen LogP contribution in [0.25, 0.3) is 21.8 Å². The van der Waals surface area contributed by atoms with Crippen LogP contribution < -0.4 is 20.3 Å². The fourth-order valence-corrected chi connectivity index (χ4v) is 4.23. The van der Waals surface area contributed by atoms with Crippen LogP contribution in [0.4, 0.5) is 21.6 Å². The highest BCUT2D eigenvalue weighted by molar-refractivity contribution is 5.98. The molecule has 0 aliphatic carbocycles. The van der Waals surface area contributed by atoms with Crippen LogP contribution in [0.1, 0.15) is 6.42 Å². The number of halogens is 1. The maximum atomic E-state index is 14.5. The fraction of sp³-hybridized carbons (Fsp3) is 0.318. The van der Waals surface area contributed by atoms with Crippen molar-refractivity contribution in [3.63, 3.8) is 0 Å². The van der Waals surface area contributed by atoms with Gasteiger partial charge in [0, 0.05) is 55.2 Å². The van der Waals surface area contributed by atoms with Gasteiger partial charge in [0.25, 0.3) is 0 Å². The largest absolute Gasteiger partial charge is 0.496 e. The third-order valence-electron chi connectivity index (χ3n) is 5.81. The van der Waals surface area contributed by atoms with Gasteiger partial charge in [-0.1, -0.05) is 0 Å². The molecule has 0 unspecified atom stereocenters. The van der Waals surface area contributed by atoms with Crippen LogP contribution >= 0.6 is 0 Å². The number of methoxy groups -OCH3 is 1. The molecule has 2 aromatic carbocycles. The molecule has 3 heterocycles. The average molecular weight is 421 g/mol. The minimum Gasteiger partial charge on any atom is -0.496 e. The van der Waals surface area contributed by atoms with E-state index in [9.17, 15) is 4.39 Å². The van der Waals surface area contributed by atoms with Gasteiger partial charge in [0.05, 0.1) is 18.0 Å². The molecule has 8 nitrogen and oxygen atoms in total. The number of rotatable bonds is 5. The Balaban J connectivity index is 1.55. The van der Waals surface area contributed by atoms with Crippen molar-refractivity contribution in [1.82, 2.24) is 25.1 Å². The van der Waals surface area contributed by atoms with E-state index >= 15 is 0 Å². The van der Waals surface area contributed by atoms with Crippen molar-refractivity contribution in [2.45, 2.75) is 12.5 Å². The van der Waals surface area contributed by atoms with E-state index in [-0.39, 0.29) is 5.82 Å². The first-order chi connectivity index (χ1) is 15.1. The predicted molar refractivity (Wildman–Crippen MR) is 120 cm³/mol. The van der Waals surface area contributed by atoms with Gasteiger partial charge in [0.2, 0.25) is 0 Å². The summed E-state index contributed by atoms with van der Waals surface area (Å²) in [7, 11) is 5.40. The Kier molecular flexibility index (Phi) is 4.82. The van der Waals surface area contributed by atoms with Crippen LogP contribution in [-0.4, -0.2) is 53.0 Å². The molecular formula is C22H24FN7O. The zero-order chi connectivity index (χ0) is 21.5. The lowest BCUT2D eigenvalue weighted by Crippen LogP contribution is -2.29. The van der Waals surface area contributed by atoms with Crippen molar-refractivity contribution in [2.75, 3.05) is 37.5 Å². The summed E-state index contributed by atoms with van der Waals surface area (Å²) < 4.78 is 21.8. The summed E-state index contributed by atoms with van der Waals surface area (Å²) >= 11 is 0. The van der Waals surface area contributed by atoms with E-state index < -0.39 is 0 Å². The van der Waals surface area contributed by atoms with E-state index in [1.54, 1.807) is 25.0 Å². The Hall–Kier alpha value is -3.46. The molecule has 2 N–H and O–H groups in total. The Morgan fingerprint density at radius 1 is 1.19 bits per heavy atom. The molecule has 0 spiro atoms. The van der Waals surface area contributed by atoms with Gasteiger partial charge in [-0.05, 0) is 31.7 Å². The van der Waals surface area contributed by atoms with Crippen LogP contribution in [0.3, 0.4) is 0 Å². The van der Waals surface area contributed by atoms with Crippen molar-refractivity contribution >= 4 is 39.0 Å². The first-order valence-electron chi connectivity index (χ1n) is 10.2. The highest BCUT2D eigenvalue weighted by atomic mass is 19.1. The molecule has 5 rings (SSSR count). The minimum atomic E-state index is -0.388. The number of hydrogen-bond donors (Lipinski definition) is 2. The topological polar surface area (TPSA) is 80.1 Å². The number of aromatic nitrogens is 4. The van der Waals surface area contributed by atoms with Crippen molar-refractivity contribution in [2.24, 2.45) is 7.05 Å². The Morgan fingerprint density at radius 3 is 2.84 bits per heavy atom. The lowest BCUT2D eigenvalue weighted by molar-refractivity contribution is 0.420. The second kappa shape index (κ2) is 7.66. The molecular weight excluding hydrogens is 397 g/mol. The average Bonchev–Trinajstić information content (AvgIpc) is 3.39. The summed E-state index contributed by atoms with van der Waals surface area (Å²) in [5.74, 6) is 0.846. The van der Waals surface area contributed by atoms with Crippen LogP contribution in [0.15, 0.2) is 36.8 Å². The molecule has 4 aromatic rings. The molecule has 1 aliphatic heterocycles. The SMILES string of the molecule is CN[C@@H]1CCN(c2cc(OC)c3c(Nc4cc(F)c5nn(C)cc5c4)ncnc3c2)C1. The van der Waals surface area contributed by atoms with Crippen molar-refractivity contribution in [3.8, 4) is 5.75 Å². The van der Waals surface area contributed by atoms with E-state index in [0.29, 0.717) is 34.2 Å². The molecule has 1 fully saturated rings. The van der Waals surface area contributed by atoms with E-state index in [2.05, 4.69) is 30.6 Å². The molecule has 0 amide bonds. The van der Waals surface area contributed by atoms with Gasteiger partial charge in [-0.3, -0.25) is 4.68 Å². The Morgan fingerprint density at radius 2 is 2.06 bits per heavy atom. The maximum Gasteiger partial charge on any atom is 0.153 e. The Bertz CT molecular complexity index is 1270. The molecule has 2 aromatic heterocycles. The quantitative estimate of drug-likeness (QED) is 0.512. The molecule has 160 valence electrons. The molecule has 0 radical (unpaired) electrons. The molecule has 1 saturated heterocycles. The molecule has 0 saturated carbocycles. The minimum absolute atomic E-state index is 0.341. The smallest absolute Gasteiger partial charge is 0.153 e. The second-order valence-corrected chi connectivity index (χ2v) is 7.81. The normalized spacial score (nSPS) is 16.4. The number of anilines is 3. The van der Waals surface area contributed by atoms with Crippen LogP contribution in [0, 0.1) is 5.82 Å². The van der Waals surface area contributed by atoms with Crippen molar-refractivity contribution in [3.05, 3.63) is 42.6 Å². The van der Waals surface area contributed by atoms with Gasteiger partial charge in [-0.2, -0.15) is 5.10 Å². The van der Waals surface area contributed by atoms with Gasteiger partial charge >= 0.3 is 0 Å². The maximum absolute atomic E-state index is 14.5. The highest BCUT2D eigenvalue weighted by Gasteiger charge is 2.23. The van der Waals surface area contributed by atoms with Crippen LogP contribution in [0.5, 0.6) is 5.75 Å². The second-order valence-electron chi connectivity index (χ2n) is 7.81. The first-order valence-corrected chi connectivity index (χ1v) is 10.2. The monoisotopic (exact) mass is 421 g/mol. The fourth-order valence-electron chi connectivity index (χ4n) is 4.23. The van der Waals surface area contributed by atoms with Crippen LogP contribution in [-0.2, 0) is 7.05 Å². The van der Waals surface area contributed by atoms with Gasteiger partial charge in [0.1, 0.15) is 23.4 Å². The standard InChI is InChI=1S/C22H24FN7O/c1-24-14-4-5-30(11-14)16-8-18-20(19(9-16)31-3)22(26-12-25-18)27-15-6-13-10-29(2)28-21(13)17(23)7-15/h6-10,12,14,24H,4-5,11H2,1-3H3,(H,25,26,27)/t14-/m1/s1. The summed E-state index contributed by atoms with van der Waals surface area (Å²) in [6.07, 6.45) is 4.38. The highest BCUT2D eigenvalue weighted by Crippen LogP contribution is 2.37. The van der Waals surface area contributed by atoms with E-state index in [4.69, 9.17) is 4.74 Å². The number of aryl methyl sites for hydroxylation is 1. The molecule has 1 aliphatic rings. The van der Waals surface area contributed by atoms with E-state index in [0.717, 1.165) is 36.1 Å². The molecule has 9 heteroatoms. The van der Waals surface area contributed by atoms with Crippen molar-refractivity contribution < 1.29 is 9.13 Å². The summed E-state index contributed by atoms with van der Waals surface area (Å²) in [4.78, 5) is 11.2. The Labute approximate surface area is 179 Å². The summed E-state index contributed by atoms with van der Waals surface area (Å²) in [5, 5.41) is 12.2. The number of benzene rings is 2. The predicted octanol–water partition coefficient (Wildman–Crippen LogP) is 3.21. The third-order valence-corrected chi connectivity index (χ3v) is 5.81.